The van der Waals surface area contributed by atoms with Gasteiger partial charge >= 0.3 is 5.97 Å². The number of hydrogen-bond acceptors (Lipinski definition) is 7. The van der Waals surface area contributed by atoms with Gasteiger partial charge in [-0.3, -0.25) is 9.69 Å². The van der Waals surface area contributed by atoms with E-state index in [1.807, 2.05) is 11.8 Å². The monoisotopic (exact) mass is 478 g/mol. The molecule has 7 heteroatoms. The summed E-state index contributed by atoms with van der Waals surface area (Å²) in [5, 5.41) is 0. The second-order valence-corrected chi connectivity index (χ2v) is 10.3. The van der Waals surface area contributed by atoms with Gasteiger partial charge in [-0.2, -0.15) is 4.37 Å². The minimum Gasteiger partial charge on any atom is -0.444 e. The van der Waals surface area contributed by atoms with E-state index in [1.54, 1.807) is 11.5 Å². The zero-order valence-corrected chi connectivity index (χ0v) is 21.1. The van der Waals surface area contributed by atoms with E-state index in [0.717, 1.165) is 69.8 Å². The number of allylic oxidation sites excluding steroid dienone is 2. The molecule has 180 valence electrons. The molecule has 2 aliphatic heterocycles. The summed E-state index contributed by atoms with van der Waals surface area (Å²) >= 11 is 1.68. The van der Waals surface area contributed by atoms with Crippen molar-refractivity contribution in [2.45, 2.75) is 46.0 Å². The van der Waals surface area contributed by atoms with Gasteiger partial charge in [0.15, 0.2) is 6.73 Å². The Kier molecular flexibility index (Phi) is 6.75. The number of rotatable bonds is 7. The summed E-state index contributed by atoms with van der Waals surface area (Å²) in [6.45, 7) is 13.8. The lowest BCUT2D eigenvalue weighted by Gasteiger charge is -2.35. The van der Waals surface area contributed by atoms with Crippen molar-refractivity contribution < 1.29 is 9.53 Å². The predicted molar refractivity (Wildman–Crippen MR) is 140 cm³/mol. The molecule has 0 saturated carbocycles. The number of nitrogens with zero attached hydrogens (tertiary/aromatic N) is 4. The van der Waals surface area contributed by atoms with E-state index in [-0.39, 0.29) is 12.7 Å². The molecule has 34 heavy (non-hydrogen) atoms. The van der Waals surface area contributed by atoms with Gasteiger partial charge in [-0.15, -0.1) is 0 Å². The van der Waals surface area contributed by atoms with Crippen molar-refractivity contribution >= 4 is 35.1 Å². The normalized spacial score (nSPS) is 17.8. The molecule has 1 aromatic carbocycles. The fraction of sp³-hybridized carbons (Fsp3) is 0.481. The van der Waals surface area contributed by atoms with Crippen molar-refractivity contribution in [2.24, 2.45) is 0 Å². The Balaban J connectivity index is 1.17. The van der Waals surface area contributed by atoms with E-state index in [0.29, 0.717) is 6.42 Å². The highest BCUT2D eigenvalue weighted by atomic mass is 32.1. The molecule has 0 spiro atoms. The van der Waals surface area contributed by atoms with Crippen LogP contribution in [0.5, 0.6) is 0 Å². The van der Waals surface area contributed by atoms with E-state index in [2.05, 4.69) is 47.6 Å². The highest BCUT2D eigenvalue weighted by Gasteiger charge is 2.26. The highest BCUT2D eigenvalue weighted by Crippen LogP contribution is 2.36. The molecule has 1 fully saturated rings. The van der Waals surface area contributed by atoms with Gasteiger partial charge in [0, 0.05) is 67.4 Å². The number of carbonyl (C=O) groups excluding carboxylic acids is 1. The van der Waals surface area contributed by atoms with Crippen LogP contribution in [0.25, 0.3) is 6.08 Å². The van der Waals surface area contributed by atoms with Gasteiger partial charge in [0.1, 0.15) is 5.82 Å². The van der Waals surface area contributed by atoms with Crippen LogP contribution in [0.2, 0.25) is 0 Å². The molecule has 3 heterocycles. The third-order valence-electron chi connectivity index (χ3n) is 7.22. The third kappa shape index (κ3) is 4.64. The molecule has 1 aliphatic carbocycles. The lowest BCUT2D eigenvalue weighted by atomic mass is 10.00. The van der Waals surface area contributed by atoms with Crippen LogP contribution >= 0.6 is 11.5 Å². The number of aromatic nitrogens is 1. The molecule has 5 rings (SSSR count). The maximum atomic E-state index is 11.6. The smallest absolute Gasteiger partial charge is 0.307 e. The maximum absolute atomic E-state index is 11.6. The van der Waals surface area contributed by atoms with Crippen LogP contribution in [0.15, 0.2) is 30.5 Å². The zero-order valence-electron chi connectivity index (χ0n) is 20.3. The van der Waals surface area contributed by atoms with Crippen molar-refractivity contribution in [3.63, 3.8) is 0 Å². The Morgan fingerprint density at radius 3 is 2.85 bits per heavy atom. The molecular formula is C27H34N4O2S. The van der Waals surface area contributed by atoms with Crippen LogP contribution in [0.3, 0.4) is 0 Å². The summed E-state index contributed by atoms with van der Waals surface area (Å²) in [7, 11) is 0. The van der Waals surface area contributed by atoms with Gasteiger partial charge in [-0.05, 0) is 60.5 Å². The Hall–Kier alpha value is -2.64. The summed E-state index contributed by atoms with van der Waals surface area (Å²) in [5.74, 6) is 1.01. The average Bonchev–Trinajstić information content (AvgIpc) is 3.41. The number of piperazine rings is 1. The number of benzene rings is 1. The minimum absolute atomic E-state index is 0.180. The summed E-state index contributed by atoms with van der Waals surface area (Å²) in [4.78, 5) is 20.1. The number of hydrogen-bond donors (Lipinski definition) is 0. The lowest BCUT2D eigenvalue weighted by Crippen LogP contribution is -2.47. The Labute approximate surface area is 206 Å². The molecule has 3 aliphatic rings. The van der Waals surface area contributed by atoms with Crippen LogP contribution in [0, 0.1) is 6.92 Å². The van der Waals surface area contributed by atoms with Crippen LogP contribution in [0.1, 0.15) is 46.9 Å². The minimum atomic E-state index is -0.180. The zero-order chi connectivity index (χ0) is 23.7. The average molecular weight is 479 g/mol. The van der Waals surface area contributed by atoms with Gasteiger partial charge in [0.05, 0.1) is 0 Å². The summed E-state index contributed by atoms with van der Waals surface area (Å²) in [5.41, 5.74) is 7.46. The van der Waals surface area contributed by atoms with Crippen molar-refractivity contribution in [2.75, 3.05) is 49.3 Å². The molecule has 2 aromatic rings. The van der Waals surface area contributed by atoms with Crippen molar-refractivity contribution in [1.29, 1.82) is 0 Å². The van der Waals surface area contributed by atoms with E-state index in [1.165, 1.54) is 32.9 Å². The van der Waals surface area contributed by atoms with Crippen molar-refractivity contribution in [3.05, 3.63) is 57.6 Å². The first-order valence-electron chi connectivity index (χ1n) is 12.4. The van der Waals surface area contributed by atoms with Crippen LogP contribution < -0.4 is 9.80 Å². The van der Waals surface area contributed by atoms with Crippen LogP contribution in [0.4, 0.5) is 11.5 Å². The second-order valence-electron chi connectivity index (χ2n) is 9.44. The van der Waals surface area contributed by atoms with Crippen LogP contribution in [-0.2, 0) is 28.8 Å². The van der Waals surface area contributed by atoms with Crippen LogP contribution in [-0.4, -0.2) is 54.7 Å². The fourth-order valence-electron chi connectivity index (χ4n) is 5.11. The van der Waals surface area contributed by atoms with Gasteiger partial charge < -0.3 is 14.5 Å². The lowest BCUT2D eigenvalue weighted by molar-refractivity contribution is -0.143. The van der Waals surface area contributed by atoms with Crippen molar-refractivity contribution in [3.8, 4) is 0 Å². The molecule has 0 unspecified atom stereocenters. The molecular weight excluding hydrogens is 444 g/mol. The Morgan fingerprint density at radius 2 is 2.06 bits per heavy atom. The first-order valence-corrected chi connectivity index (χ1v) is 13.2. The molecule has 1 saturated heterocycles. The standard InChI is InChI=1S/C27H34N4O2S/c1-4-26(32)33-18-31-20(3)16-22-17-21(19(2)15-24(22)31)9-10-29-11-13-30(14-12-29)27-23-7-5-6-8-25(23)34-28-27/h5,7,15,17H,3-4,6,8-14,16,18H2,1-2H3. The van der Waals surface area contributed by atoms with Gasteiger partial charge in [-0.1, -0.05) is 31.7 Å². The molecule has 6 nitrogen and oxygen atoms in total. The Bertz CT molecular complexity index is 1110. The molecule has 0 N–H and O–H groups in total. The fourth-order valence-corrected chi connectivity index (χ4v) is 5.99. The molecule has 0 atom stereocenters. The molecule has 1 aromatic heterocycles. The molecule has 0 radical (unpaired) electrons. The molecule has 0 amide bonds. The van der Waals surface area contributed by atoms with E-state index >= 15 is 0 Å². The highest BCUT2D eigenvalue weighted by molar-refractivity contribution is 7.06. The number of fused-ring (bicyclic) bond motifs is 2. The van der Waals surface area contributed by atoms with Gasteiger partial charge in [0.2, 0.25) is 0 Å². The van der Waals surface area contributed by atoms with E-state index in [4.69, 9.17) is 9.11 Å². The second kappa shape index (κ2) is 9.92. The largest absolute Gasteiger partial charge is 0.444 e. The molecule has 0 bridgehead atoms. The first kappa shape index (κ1) is 23.1. The number of carbonyl (C=O) groups is 1. The van der Waals surface area contributed by atoms with E-state index < -0.39 is 0 Å². The topological polar surface area (TPSA) is 48.9 Å². The quantitative estimate of drug-likeness (QED) is 0.544. The number of esters is 1. The van der Waals surface area contributed by atoms with Gasteiger partial charge in [0.25, 0.3) is 0 Å². The predicted octanol–water partition coefficient (Wildman–Crippen LogP) is 4.56. The Morgan fingerprint density at radius 1 is 1.24 bits per heavy atom. The number of aryl methyl sites for hydroxylation is 2. The number of ether oxygens (including phenoxy) is 1. The summed E-state index contributed by atoms with van der Waals surface area (Å²) in [6.07, 6.45) is 9.08. The maximum Gasteiger partial charge on any atom is 0.307 e. The third-order valence-corrected chi connectivity index (χ3v) is 8.13. The van der Waals surface area contributed by atoms with E-state index in [9.17, 15) is 4.79 Å². The first-order chi connectivity index (χ1) is 16.5. The van der Waals surface area contributed by atoms with Crippen molar-refractivity contribution in [1.82, 2.24) is 9.27 Å². The van der Waals surface area contributed by atoms with Gasteiger partial charge in [-0.25, -0.2) is 0 Å². The number of anilines is 2. The summed E-state index contributed by atoms with van der Waals surface area (Å²) < 4.78 is 10.2. The summed E-state index contributed by atoms with van der Waals surface area (Å²) in [6, 6.07) is 4.57. The SMILES string of the molecule is C=C1Cc2cc(CCN3CCN(c4nsc5c4C=CCC5)CC3)c(C)cc2N1COC(=O)CC.